The maximum atomic E-state index is 13.1. The minimum Gasteiger partial charge on any atom is -0.379 e. The summed E-state index contributed by atoms with van der Waals surface area (Å²) in [6.45, 7) is 0.0781. The highest BCUT2D eigenvalue weighted by atomic mass is 35.5. The Morgan fingerprint density at radius 2 is 1.95 bits per heavy atom. The molecule has 1 heterocycles. The van der Waals surface area contributed by atoms with E-state index < -0.39 is 17.6 Å². The molecule has 2 nitrogen and oxygen atoms in total. The van der Waals surface area contributed by atoms with Crippen molar-refractivity contribution in [3.8, 4) is 0 Å². The fourth-order valence-corrected chi connectivity index (χ4v) is 1.78. The third-order valence-electron chi connectivity index (χ3n) is 2.59. The summed E-state index contributed by atoms with van der Waals surface area (Å²) in [5, 5.41) is 3.24. The van der Waals surface area contributed by atoms with Crippen LogP contribution in [0.25, 0.3) is 0 Å². The van der Waals surface area contributed by atoms with E-state index in [1.807, 2.05) is 0 Å². The average molecular weight is 305 g/mol. The topological polar surface area (TPSA) is 24.9 Å². The second-order valence-electron chi connectivity index (χ2n) is 4.02. The number of hydrogen-bond donors (Lipinski definition) is 1. The van der Waals surface area contributed by atoms with E-state index in [1.54, 1.807) is 6.07 Å². The summed E-state index contributed by atoms with van der Waals surface area (Å²) in [5.41, 5.74) is -0.500. The molecular formula is C13H9ClF4N2. The van der Waals surface area contributed by atoms with Crippen molar-refractivity contribution in [1.29, 1.82) is 0 Å². The van der Waals surface area contributed by atoms with Crippen molar-refractivity contribution in [2.24, 2.45) is 0 Å². The molecule has 106 valence electrons. The van der Waals surface area contributed by atoms with E-state index in [0.29, 0.717) is 16.3 Å². The van der Waals surface area contributed by atoms with Crippen LogP contribution in [-0.2, 0) is 12.7 Å². The van der Waals surface area contributed by atoms with Gasteiger partial charge in [-0.3, -0.25) is 4.98 Å². The Hall–Kier alpha value is -1.82. The van der Waals surface area contributed by atoms with Crippen molar-refractivity contribution in [1.82, 2.24) is 4.98 Å². The molecule has 0 saturated carbocycles. The molecule has 2 rings (SSSR count). The minimum absolute atomic E-state index is 0.0781. The Morgan fingerprint density at radius 1 is 1.20 bits per heavy atom. The Labute approximate surface area is 117 Å². The van der Waals surface area contributed by atoms with Crippen molar-refractivity contribution >= 4 is 17.3 Å². The third-order valence-corrected chi connectivity index (χ3v) is 2.92. The molecule has 1 aromatic heterocycles. The van der Waals surface area contributed by atoms with E-state index in [-0.39, 0.29) is 6.54 Å². The molecule has 0 bridgehead atoms. The molecule has 0 unspecified atom stereocenters. The molecule has 0 aliphatic heterocycles. The van der Waals surface area contributed by atoms with Gasteiger partial charge in [-0.1, -0.05) is 17.7 Å². The molecule has 20 heavy (non-hydrogen) atoms. The van der Waals surface area contributed by atoms with Crippen molar-refractivity contribution in [3.63, 3.8) is 0 Å². The number of nitrogens with zero attached hydrogens (tertiary/aromatic N) is 1. The molecule has 0 saturated heterocycles. The molecule has 0 fully saturated rings. The Balaban J connectivity index is 2.17. The van der Waals surface area contributed by atoms with E-state index in [9.17, 15) is 17.6 Å². The zero-order valence-corrected chi connectivity index (χ0v) is 10.8. The van der Waals surface area contributed by atoms with Crippen LogP contribution in [0.1, 0.15) is 11.1 Å². The van der Waals surface area contributed by atoms with Gasteiger partial charge in [0.15, 0.2) is 0 Å². The highest BCUT2D eigenvalue weighted by Crippen LogP contribution is 2.32. The van der Waals surface area contributed by atoms with Gasteiger partial charge in [0, 0.05) is 12.7 Å². The van der Waals surface area contributed by atoms with Crippen LogP contribution in [0.2, 0.25) is 5.02 Å². The Kier molecular flexibility index (Phi) is 4.13. The highest BCUT2D eigenvalue weighted by Gasteiger charge is 2.34. The van der Waals surface area contributed by atoms with E-state index in [2.05, 4.69) is 10.3 Å². The van der Waals surface area contributed by atoms with Gasteiger partial charge in [0.1, 0.15) is 5.82 Å². The lowest BCUT2D eigenvalue weighted by Gasteiger charge is -2.11. The maximum Gasteiger partial charge on any atom is 0.419 e. The van der Waals surface area contributed by atoms with E-state index in [0.717, 1.165) is 12.1 Å². The van der Waals surface area contributed by atoms with Crippen LogP contribution in [0.5, 0.6) is 0 Å². The van der Waals surface area contributed by atoms with Crippen LogP contribution in [0, 0.1) is 5.82 Å². The maximum absolute atomic E-state index is 13.1. The summed E-state index contributed by atoms with van der Waals surface area (Å²) in [6.07, 6.45) is -1.77. The lowest BCUT2D eigenvalue weighted by molar-refractivity contribution is -0.140. The quantitative estimate of drug-likeness (QED) is 0.844. The highest BCUT2D eigenvalue weighted by molar-refractivity contribution is 6.33. The van der Waals surface area contributed by atoms with Gasteiger partial charge in [0.25, 0.3) is 0 Å². The first-order chi connectivity index (χ1) is 9.38. The second-order valence-corrected chi connectivity index (χ2v) is 4.43. The number of rotatable bonds is 3. The van der Waals surface area contributed by atoms with Crippen LogP contribution in [0.15, 0.2) is 36.7 Å². The van der Waals surface area contributed by atoms with Crippen molar-refractivity contribution in [3.05, 3.63) is 58.6 Å². The van der Waals surface area contributed by atoms with Gasteiger partial charge in [0.05, 0.1) is 22.5 Å². The summed E-state index contributed by atoms with van der Waals surface area (Å²) < 4.78 is 50.8. The lowest BCUT2D eigenvalue weighted by atomic mass is 10.1. The first-order valence-electron chi connectivity index (χ1n) is 5.57. The molecule has 2 aromatic rings. The van der Waals surface area contributed by atoms with Crippen molar-refractivity contribution < 1.29 is 17.6 Å². The molecule has 0 aliphatic rings. The molecule has 0 amide bonds. The number of anilines is 1. The van der Waals surface area contributed by atoms with Gasteiger partial charge in [0.2, 0.25) is 0 Å². The smallest absolute Gasteiger partial charge is 0.379 e. The monoisotopic (exact) mass is 304 g/mol. The van der Waals surface area contributed by atoms with Gasteiger partial charge in [-0.25, -0.2) is 4.39 Å². The largest absolute Gasteiger partial charge is 0.419 e. The van der Waals surface area contributed by atoms with Crippen molar-refractivity contribution in [2.75, 3.05) is 5.32 Å². The first kappa shape index (κ1) is 14.6. The third kappa shape index (κ3) is 3.39. The number of aromatic nitrogens is 1. The van der Waals surface area contributed by atoms with Crippen molar-refractivity contribution in [2.45, 2.75) is 12.7 Å². The molecule has 1 aromatic carbocycles. The average Bonchev–Trinajstić information content (AvgIpc) is 2.38. The zero-order chi connectivity index (χ0) is 14.8. The molecule has 0 atom stereocenters. The molecule has 7 heteroatoms. The van der Waals surface area contributed by atoms with Crippen LogP contribution in [0.3, 0.4) is 0 Å². The fraction of sp³-hybridized carbons (Fsp3) is 0.154. The van der Waals surface area contributed by atoms with Crippen LogP contribution in [-0.4, -0.2) is 4.98 Å². The summed E-state index contributed by atoms with van der Waals surface area (Å²) in [7, 11) is 0. The SMILES string of the molecule is Fc1ccc(CNc2cnccc2Cl)cc1C(F)(F)F. The predicted octanol–water partition coefficient (Wildman–Crippen LogP) is 4.51. The summed E-state index contributed by atoms with van der Waals surface area (Å²) in [5.74, 6) is -1.29. The summed E-state index contributed by atoms with van der Waals surface area (Å²) >= 11 is 5.88. The molecule has 0 spiro atoms. The Bertz CT molecular complexity index is 614. The summed E-state index contributed by atoms with van der Waals surface area (Å²) in [6, 6.07) is 4.40. The molecule has 1 N–H and O–H groups in total. The van der Waals surface area contributed by atoms with Gasteiger partial charge in [-0.2, -0.15) is 13.2 Å². The van der Waals surface area contributed by atoms with Gasteiger partial charge >= 0.3 is 6.18 Å². The van der Waals surface area contributed by atoms with Crippen LogP contribution in [0.4, 0.5) is 23.2 Å². The first-order valence-corrected chi connectivity index (χ1v) is 5.95. The van der Waals surface area contributed by atoms with Crippen LogP contribution >= 0.6 is 11.6 Å². The fourth-order valence-electron chi connectivity index (χ4n) is 1.60. The van der Waals surface area contributed by atoms with Gasteiger partial charge < -0.3 is 5.32 Å². The lowest BCUT2D eigenvalue weighted by Crippen LogP contribution is -2.10. The van der Waals surface area contributed by atoms with E-state index in [1.165, 1.54) is 18.5 Å². The number of nitrogens with one attached hydrogen (secondary N) is 1. The van der Waals surface area contributed by atoms with E-state index in [4.69, 9.17) is 11.6 Å². The minimum atomic E-state index is -4.72. The molecular weight excluding hydrogens is 296 g/mol. The predicted molar refractivity (Wildman–Crippen MR) is 68.0 cm³/mol. The number of pyridine rings is 1. The normalized spacial score (nSPS) is 11.4. The molecule has 0 radical (unpaired) electrons. The number of alkyl halides is 3. The Morgan fingerprint density at radius 3 is 2.60 bits per heavy atom. The standard InChI is InChI=1S/C13H9ClF4N2/c14-10-3-4-19-7-12(10)20-6-8-1-2-11(15)9(5-8)13(16,17)18/h1-5,7,20H,6H2. The summed E-state index contributed by atoms with van der Waals surface area (Å²) in [4.78, 5) is 3.84. The zero-order valence-electron chi connectivity index (χ0n) is 10.0. The second kappa shape index (κ2) is 5.66. The molecule has 0 aliphatic carbocycles. The van der Waals surface area contributed by atoms with Gasteiger partial charge in [-0.15, -0.1) is 0 Å². The number of benzene rings is 1. The number of halogens is 5. The van der Waals surface area contributed by atoms with Crippen LogP contribution < -0.4 is 5.32 Å². The number of hydrogen-bond acceptors (Lipinski definition) is 2. The van der Waals surface area contributed by atoms with Gasteiger partial charge in [-0.05, 0) is 23.8 Å². The van der Waals surface area contributed by atoms with E-state index >= 15 is 0 Å².